The number of hydrogen-bond donors (Lipinski definition) is 0. The molecule has 2 heterocycles. The van der Waals surface area contributed by atoms with E-state index in [2.05, 4.69) is 9.97 Å². The van der Waals surface area contributed by atoms with Crippen LogP contribution in [0.2, 0.25) is 0 Å². The van der Waals surface area contributed by atoms with Crippen LogP contribution in [-0.4, -0.2) is 39.9 Å². The second-order valence-corrected chi connectivity index (χ2v) is 8.85. The Bertz CT molecular complexity index is 1290. The summed E-state index contributed by atoms with van der Waals surface area (Å²) in [6.07, 6.45) is -2.19. The van der Waals surface area contributed by atoms with E-state index in [0.717, 1.165) is 11.6 Å². The van der Waals surface area contributed by atoms with Crippen LogP contribution in [-0.2, 0) is 17.4 Å². The van der Waals surface area contributed by atoms with Gasteiger partial charge in [-0.1, -0.05) is 24.3 Å². The van der Waals surface area contributed by atoms with E-state index in [4.69, 9.17) is 9.47 Å². The number of para-hydroxylation sites is 1. The zero-order valence-corrected chi connectivity index (χ0v) is 20.5. The van der Waals surface area contributed by atoms with Gasteiger partial charge in [-0.2, -0.15) is 18.2 Å². The van der Waals surface area contributed by atoms with Crippen LogP contribution in [0.5, 0.6) is 17.4 Å². The van der Waals surface area contributed by atoms with Crippen LogP contribution in [0.25, 0.3) is 0 Å². The Kier molecular flexibility index (Phi) is 8.08. The fourth-order valence-electron chi connectivity index (χ4n) is 4.14. The summed E-state index contributed by atoms with van der Waals surface area (Å²) in [6, 6.07) is 11.9. The molecule has 38 heavy (non-hydrogen) atoms. The third-order valence-corrected chi connectivity index (χ3v) is 6.08. The van der Waals surface area contributed by atoms with Crippen molar-refractivity contribution >= 4 is 17.3 Å². The first kappa shape index (κ1) is 26.8. The lowest BCUT2D eigenvalue weighted by Gasteiger charge is -2.33. The molecule has 1 fully saturated rings. The zero-order valence-electron chi connectivity index (χ0n) is 20.5. The third-order valence-electron chi connectivity index (χ3n) is 6.08. The van der Waals surface area contributed by atoms with Crippen molar-refractivity contribution < 1.29 is 32.4 Å². The average molecular weight is 531 g/mol. The van der Waals surface area contributed by atoms with Crippen molar-refractivity contribution in [3.63, 3.8) is 0 Å². The van der Waals surface area contributed by atoms with Gasteiger partial charge in [0.25, 0.3) is 0 Å². The maximum Gasteiger partial charge on any atom is 0.419 e. The Labute approximate surface area is 216 Å². The van der Waals surface area contributed by atoms with E-state index in [0.29, 0.717) is 31.4 Å². The molecule has 0 N–H and O–H groups in total. The van der Waals surface area contributed by atoms with Crippen molar-refractivity contribution in [3.05, 3.63) is 76.1 Å². The van der Waals surface area contributed by atoms with E-state index < -0.39 is 28.5 Å². The van der Waals surface area contributed by atoms with Crippen molar-refractivity contribution in [3.8, 4) is 17.4 Å². The summed E-state index contributed by atoms with van der Waals surface area (Å²) in [5, 5.41) is 12.0. The highest BCUT2D eigenvalue weighted by molar-refractivity contribution is 5.75. The molecule has 0 radical (unpaired) electrons. The van der Waals surface area contributed by atoms with Gasteiger partial charge in [-0.25, -0.2) is 4.98 Å². The lowest BCUT2D eigenvalue weighted by atomic mass is 10.1. The number of ketones is 1. The van der Waals surface area contributed by atoms with Gasteiger partial charge in [-0.15, -0.1) is 0 Å². The Balaban J connectivity index is 1.46. The predicted molar refractivity (Wildman–Crippen MR) is 132 cm³/mol. The lowest BCUT2D eigenvalue weighted by Crippen LogP contribution is -2.39. The van der Waals surface area contributed by atoms with E-state index in [9.17, 15) is 28.1 Å². The minimum Gasteiger partial charge on any atom is -0.490 e. The molecule has 2 aromatic carbocycles. The number of alkyl halides is 3. The number of carbonyl (C=O) groups excluding carboxylic acids is 1. The molecule has 4 rings (SSSR count). The summed E-state index contributed by atoms with van der Waals surface area (Å²) in [4.78, 5) is 32.3. The number of nitrogens with zero attached hydrogens (tertiary/aromatic N) is 4. The number of benzene rings is 2. The summed E-state index contributed by atoms with van der Waals surface area (Å²) in [5.41, 5.74) is -0.328. The van der Waals surface area contributed by atoms with Crippen LogP contribution < -0.4 is 14.4 Å². The van der Waals surface area contributed by atoms with Gasteiger partial charge in [-0.3, -0.25) is 10.1 Å². The smallest absolute Gasteiger partial charge is 0.419 e. The highest BCUT2D eigenvalue weighted by Gasteiger charge is 2.36. The van der Waals surface area contributed by atoms with Crippen molar-refractivity contribution in [2.75, 3.05) is 18.0 Å². The van der Waals surface area contributed by atoms with E-state index in [-0.39, 0.29) is 36.3 Å². The summed E-state index contributed by atoms with van der Waals surface area (Å²) in [6.45, 7) is 2.08. The van der Waals surface area contributed by atoms with Crippen LogP contribution in [0.15, 0.2) is 54.9 Å². The largest absolute Gasteiger partial charge is 0.490 e. The molecule has 0 atom stereocenters. The van der Waals surface area contributed by atoms with Crippen LogP contribution >= 0.6 is 0 Å². The fraction of sp³-hybridized carbons (Fsp3) is 0.346. The summed E-state index contributed by atoms with van der Waals surface area (Å²) in [5.74, 6) is 0.00611. The number of ether oxygens (including phenoxy) is 2. The number of Topliss-reactive ketones (excluding diaryl/α,β-unsaturated/α-hetero) is 1. The zero-order chi connectivity index (χ0) is 27.3. The predicted octanol–water partition coefficient (Wildman–Crippen LogP) is 5.77. The summed E-state index contributed by atoms with van der Waals surface area (Å²) >= 11 is 0. The van der Waals surface area contributed by atoms with Gasteiger partial charge in [-0.05, 0) is 43.2 Å². The molecule has 0 spiro atoms. The normalized spacial score (nSPS) is 14.3. The van der Waals surface area contributed by atoms with E-state index in [1.807, 2.05) is 0 Å². The van der Waals surface area contributed by atoms with E-state index in [1.54, 1.807) is 29.2 Å². The van der Waals surface area contributed by atoms with Crippen LogP contribution in [0.3, 0.4) is 0 Å². The first-order valence-corrected chi connectivity index (χ1v) is 11.9. The number of piperidine rings is 1. The van der Waals surface area contributed by atoms with Crippen molar-refractivity contribution in [2.45, 2.75) is 44.9 Å². The number of anilines is 1. The maximum atomic E-state index is 13.3. The standard InChI is InChI=1S/C26H25F3N4O5/c1-17(34)6-7-18-8-10-19(11-9-18)38-25-23(33(35)36)24(30-16-31-25)32-14-12-20(13-15-32)37-22-5-3-2-4-21(22)26(27,28)29/h2-5,8-11,16,20H,6-7,12-15H2,1H3. The Morgan fingerprint density at radius 3 is 2.42 bits per heavy atom. The van der Waals surface area contributed by atoms with Crippen molar-refractivity contribution in [2.24, 2.45) is 0 Å². The van der Waals surface area contributed by atoms with E-state index in [1.165, 1.54) is 31.5 Å². The van der Waals surface area contributed by atoms with Gasteiger partial charge in [0.1, 0.15) is 29.7 Å². The van der Waals surface area contributed by atoms with Gasteiger partial charge in [0.05, 0.1) is 10.5 Å². The number of rotatable bonds is 9. The number of nitro groups is 1. The van der Waals surface area contributed by atoms with Crippen LogP contribution in [0.1, 0.15) is 37.3 Å². The lowest BCUT2D eigenvalue weighted by molar-refractivity contribution is -0.385. The second kappa shape index (κ2) is 11.4. The topological polar surface area (TPSA) is 108 Å². The molecule has 1 aromatic heterocycles. The van der Waals surface area contributed by atoms with Gasteiger partial charge in [0.15, 0.2) is 0 Å². The Morgan fingerprint density at radius 2 is 1.79 bits per heavy atom. The fourth-order valence-corrected chi connectivity index (χ4v) is 4.14. The quantitative estimate of drug-likeness (QED) is 0.254. The first-order valence-electron chi connectivity index (χ1n) is 11.9. The minimum atomic E-state index is -4.54. The molecular weight excluding hydrogens is 505 g/mol. The third kappa shape index (κ3) is 6.55. The first-order chi connectivity index (χ1) is 18.1. The molecule has 0 saturated carbocycles. The second-order valence-electron chi connectivity index (χ2n) is 8.85. The Morgan fingerprint density at radius 1 is 1.11 bits per heavy atom. The molecule has 12 heteroatoms. The molecule has 1 aliphatic rings. The van der Waals surface area contributed by atoms with Crippen LogP contribution in [0, 0.1) is 10.1 Å². The minimum absolute atomic E-state index is 0.0622. The van der Waals surface area contributed by atoms with Gasteiger partial charge >= 0.3 is 17.7 Å². The average Bonchev–Trinajstić information content (AvgIpc) is 2.88. The molecule has 1 saturated heterocycles. The van der Waals surface area contributed by atoms with Crippen molar-refractivity contribution in [1.29, 1.82) is 0 Å². The maximum absolute atomic E-state index is 13.3. The number of halogens is 3. The van der Waals surface area contributed by atoms with Crippen molar-refractivity contribution in [1.82, 2.24) is 9.97 Å². The molecular formula is C26H25F3N4O5. The molecule has 0 amide bonds. The molecule has 0 aliphatic carbocycles. The molecule has 0 unspecified atom stereocenters. The van der Waals surface area contributed by atoms with Gasteiger partial charge < -0.3 is 19.2 Å². The number of carbonyl (C=O) groups is 1. The molecule has 3 aromatic rings. The molecule has 1 aliphatic heterocycles. The Hall–Kier alpha value is -4.22. The molecule has 9 nitrogen and oxygen atoms in total. The number of aromatic nitrogens is 2. The molecule has 200 valence electrons. The number of hydrogen-bond acceptors (Lipinski definition) is 8. The van der Waals surface area contributed by atoms with Gasteiger partial charge in [0, 0.05) is 32.4 Å². The number of aryl methyl sites for hydroxylation is 1. The monoisotopic (exact) mass is 530 g/mol. The van der Waals surface area contributed by atoms with Gasteiger partial charge in [0.2, 0.25) is 5.82 Å². The summed E-state index contributed by atoms with van der Waals surface area (Å²) in [7, 11) is 0. The highest BCUT2D eigenvalue weighted by atomic mass is 19.4. The SMILES string of the molecule is CC(=O)CCc1ccc(Oc2ncnc(N3CCC(Oc4ccccc4C(F)(F)F)CC3)c2[N+](=O)[O-])cc1. The van der Waals surface area contributed by atoms with Crippen LogP contribution in [0.4, 0.5) is 24.7 Å². The van der Waals surface area contributed by atoms with E-state index >= 15 is 0 Å². The summed E-state index contributed by atoms with van der Waals surface area (Å²) < 4.78 is 51.3. The highest BCUT2D eigenvalue weighted by Crippen LogP contribution is 2.39. The molecule has 0 bridgehead atoms.